The van der Waals surface area contributed by atoms with Gasteiger partial charge in [-0.15, -0.1) is 0 Å². The summed E-state index contributed by atoms with van der Waals surface area (Å²) in [6.45, 7) is 1.67. The molecule has 1 aliphatic rings. The number of sulfonamides is 1. The van der Waals surface area contributed by atoms with Crippen molar-refractivity contribution >= 4 is 48.7 Å². The highest BCUT2D eigenvalue weighted by molar-refractivity contribution is 7.93. The lowest BCUT2D eigenvalue weighted by atomic mass is 10.1. The van der Waals surface area contributed by atoms with Crippen molar-refractivity contribution in [2.24, 2.45) is 0 Å². The number of halogens is 1. The second kappa shape index (κ2) is 10.9. The second-order valence-electron chi connectivity index (χ2n) is 9.13. The summed E-state index contributed by atoms with van der Waals surface area (Å²) in [6, 6.07) is 6.90. The number of sulfone groups is 1. The number of ketones is 1. The van der Waals surface area contributed by atoms with Gasteiger partial charge < -0.3 is 14.5 Å². The maximum atomic E-state index is 13.5. The van der Waals surface area contributed by atoms with E-state index in [1.807, 2.05) is 0 Å². The molecule has 11 nitrogen and oxygen atoms in total. The van der Waals surface area contributed by atoms with Crippen molar-refractivity contribution in [2.75, 3.05) is 29.9 Å². The van der Waals surface area contributed by atoms with Crippen LogP contribution in [0.15, 0.2) is 34.7 Å². The minimum absolute atomic E-state index is 0.00350. The lowest BCUT2D eigenvalue weighted by Crippen LogP contribution is -2.33. The van der Waals surface area contributed by atoms with Gasteiger partial charge in [0.2, 0.25) is 15.7 Å². The van der Waals surface area contributed by atoms with Gasteiger partial charge in [0.1, 0.15) is 16.9 Å². The molecule has 39 heavy (non-hydrogen) atoms. The fraction of sp³-hybridized carbons (Fsp3) is 0.400. The molecule has 1 aliphatic heterocycles. The number of Topliss-reactive ketones (excluding diaryl/α,β-unsaturated/α-hetero) is 1. The van der Waals surface area contributed by atoms with Gasteiger partial charge >= 0.3 is 6.09 Å². The Labute approximate surface area is 225 Å². The van der Waals surface area contributed by atoms with Crippen LogP contribution in [0.2, 0.25) is 0 Å². The highest BCUT2D eigenvalue weighted by Gasteiger charge is 2.38. The van der Waals surface area contributed by atoms with E-state index in [-0.39, 0.29) is 60.4 Å². The Morgan fingerprint density at radius 1 is 1.28 bits per heavy atom. The monoisotopic (exact) mass is 581 g/mol. The van der Waals surface area contributed by atoms with Crippen LogP contribution in [0.1, 0.15) is 31.7 Å². The van der Waals surface area contributed by atoms with Crippen LogP contribution < -0.4 is 14.4 Å². The van der Waals surface area contributed by atoms with E-state index in [2.05, 4.69) is 10.3 Å². The van der Waals surface area contributed by atoms with Crippen molar-refractivity contribution in [3.8, 4) is 17.1 Å². The molecule has 1 amide bonds. The van der Waals surface area contributed by atoms with Gasteiger partial charge in [-0.25, -0.2) is 26.0 Å². The Morgan fingerprint density at radius 3 is 2.54 bits per heavy atom. The third-order valence-electron chi connectivity index (χ3n) is 6.47. The van der Waals surface area contributed by atoms with Crippen LogP contribution in [0.5, 0.6) is 5.75 Å². The van der Waals surface area contributed by atoms with E-state index < -0.39 is 37.0 Å². The van der Waals surface area contributed by atoms with Gasteiger partial charge in [0.25, 0.3) is 0 Å². The number of hydrogen-bond acceptors (Lipinski definition) is 9. The first-order valence-electron chi connectivity index (χ1n) is 12.2. The van der Waals surface area contributed by atoms with Crippen LogP contribution in [0, 0.1) is 5.82 Å². The van der Waals surface area contributed by atoms with Crippen molar-refractivity contribution in [3.63, 3.8) is 0 Å². The van der Waals surface area contributed by atoms with E-state index in [9.17, 15) is 30.8 Å². The summed E-state index contributed by atoms with van der Waals surface area (Å²) in [7, 11) is -6.04. The second-order valence-corrected chi connectivity index (χ2v) is 13.3. The Kier molecular flexibility index (Phi) is 7.98. The van der Waals surface area contributed by atoms with E-state index in [4.69, 9.17) is 9.15 Å². The van der Waals surface area contributed by atoms with E-state index in [1.54, 1.807) is 13.0 Å². The van der Waals surface area contributed by atoms with Crippen LogP contribution in [-0.2, 0) is 31.1 Å². The number of nitrogens with zero attached hydrogens (tertiary/aromatic N) is 2. The number of furan rings is 1. The maximum Gasteiger partial charge on any atom is 0.412 e. The largest absolute Gasteiger partial charge is 0.434 e. The number of aromatic nitrogens is 1. The molecule has 1 fully saturated rings. The number of amides is 1. The molecule has 1 atom stereocenters. The van der Waals surface area contributed by atoms with E-state index in [0.29, 0.717) is 22.9 Å². The molecule has 1 N–H and O–H groups in total. The molecule has 1 aromatic carbocycles. The zero-order chi connectivity index (χ0) is 28.5. The average molecular weight is 582 g/mol. The van der Waals surface area contributed by atoms with Crippen LogP contribution in [0.25, 0.3) is 22.4 Å². The number of rotatable bonds is 9. The molecular weight excluding hydrogens is 553 g/mol. The Morgan fingerprint density at radius 2 is 1.97 bits per heavy atom. The van der Waals surface area contributed by atoms with Crippen molar-refractivity contribution in [3.05, 3.63) is 41.7 Å². The molecule has 0 spiro atoms. The SMILES string of the molecule is CCc1cc2c(OC(=O)NC)c(-c3ccc(F)cc3)oc2nc1N(CCCC1C(=O)CCS1(=O)=O)S(C)(=O)=O. The first-order chi connectivity index (χ1) is 18.4. The minimum Gasteiger partial charge on any atom is -0.434 e. The number of carbonyl (C=O) groups excluding carboxylic acids is 2. The lowest BCUT2D eigenvalue weighted by Gasteiger charge is -2.24. The number of anilines is 1. The van der Waals surface area contributed by atoms with E-state index >= 15 is 0 Å². The molecule has 0 saturated carbocycles. The van der Waals surface area contributed by atoms with Crippen LogP contribution in [-0.4, -0.2) is 64.5 Å². The molecule has 3 aromatic rings. The number of nitrogens with one attached hydrogen (secondary N) is 1. The molecule has 4 rings (SSSR count). The van der Waals surface area contributed by atoms with Crippen molar-refractivity contribution in [2.45, 2.75) is 37.9 Å². The van der Waals surface area contributed by atoms with Gasteiger partial charge in [0.05, 0.1) is 17.4 Å². The fourth-order valence-corrected chi connectivity index (χ4v) is 7.23. The molecule has 1 unspecified atom stereocenters. The minimum atomic E-state index is -3.88. The van der Waals surface area contributed by atoms with Gasteiger partial charge in [-0.1, -0.05) is 6.92 Å². The van der Waals surface area contributed by atoms with Gasteiger partial charge in [-0.2, -0.15) is 4.98 Å². The number of benzene rings is 1. The van der Waals surface area contributed by atoms with Crippen molar-refractivity contribution < 1.29 is 40.0 Å². The molecule has 0 aliphatic carbocycles. The number of hydrogen-bond donors (Lipinski definition) is 1. The predicted molar refractivity (Wildman–Crippen MR) is 142 cm³/mol. The van der Waals surface area contributed by atoms with Crippen molar-refractivity contribution in [1.29, 1.82) is 0 Å². The summed E-state index contributed by atoms with van der Waals surface area (Å²) in [5, 5.41) is 1.52. The highest BCUT2D eigenvalue weighted by atomic mass is 32.2. The summed E-state index contributed by atoms with van der Waals surface area (Å²) in [4.78, 5) is 28.6. The number of fused-ring (bicyclic) bond motifs is 1. The summed E-state index contributed by atoms with van der Waals surface area (Å²) in [6.07, 6.45) is 0.637. The third kappa shape index (κ3) is 5.91. The first kappa shape index (κ1) is 28.5. The zero-order valence-electron chi connectivity index (χ0n) is 21.6. The van der Waals surface area contributed by atoms with Gasteiger partial charge in [-0.05, 0) is 55.2 Å². The lowest BCUT2D eigenvalue weighted by molar-refractivity contribution is -0.117. The number of aryl methyl sites for hydroxylation is 1. The molecular formula is C25H28FN3O8S2. The number of carbonyl (C=O) groups is 2. The molecule has 1 saturated heterocycles. The summed E-state index contributed by atoms with van der Waals surface area (Å²) in [5.74, 6) is -0.842. The summed E-state index contributed by atoms with van der Waals surface area (Å²) < 4.78 is 76.0. The molecule has 2 aromatic heterocycles. The molecule has 14 heteroatoms. The van der Waals surface area contributed by atoms with Gasteiger partial charge in [-0.3, -0.25) is 9.10 Å². The first-order valence-corrected chi connectivity index (χ1v) is 15.8. The molecule has 0 bridgehead atoms. The summed E-state index contributed by atoms with van der Waals surface area (Å²) >= 11 is 0. The topological polar surface area (TPSA) is 153 Å². The highest BCUT2D eigenvalue weighted by Crippen LogP contribution is 2.41. The van der Waals surface area contributed by atoms with Gasteiger partial charge in [0, 0.05) is 25.6 Å². The maximum absolute atomic E-state index is 13.5. The van der Waals surface area contributed by atoms with Gasteiger partial charge in [0.15, 0.2) is 27.1 Å². The average Bonchev–Trinajstić information content (AvgIpc) is 3.35. The van der Waals surface area contributed by atoms with Crippen LogP contribution in [0.4, 0.5) is 15.0 Å². The number of ether oxygens (including phenoxy) is 1. The van der Waals surface area contributed by atoms with E-state index in [0.717, 1.165) is 10.6 Å². The smallest absolute Gasteiger partial charge is 0.412 e. The predicted octanol–water partition coefficient (Wildman–Crippen LogP) is 3.22. The van der Waals surface area contributed by atoms with E-state index in [1.165, 1.54) is 31.3 Å². The quantitative estimate of drug-likeness (QED) is 0.401. The summed E-state index contributed by atoms with van der Waals surface area (Å²) in [5.41, 5.74) is 0.864. The Bertz CT molecular complexity index is 1630. The number of pyridine rings is 1. The third-order valence-corrected chi connectivity index (χ3v) is 9.76. The molecule has 3 heterocycles. The molecule has 210 valence electrons. The standard InChI is InChI=1S/C25H28FN3O8S2/c1-4-15-14-18-22(37-25(31)27-2)21(16-7-9-17(26)10-8-16)36-24(18)28-23(15)29(38(3,32)33)12-5-6-20-19(30)11-13-39(20,34)35/h7-10,14,20H,4-6,11-13H2,1-3H3,(H,27,31). The van der Waals surface area contributed by atoms with Crippen LogP contribution in [0.3, 0.4) is 0 Å². The zero-order valence-corrected chi connectivity index (χ0v) is 23.2. The fourth-order valence-electron chi connectivity index (χ4n) is 4.48. The Balaban J connectivity index is 1.77. The Hall–Kier alpha value is -3.52. The molecule has 0 radical (unpaired) electrons. The normalized spacial score (nSPS) is 16.9. The van der Waals surface area contributed by atoms with Crippen molar-refractivity contribution in [1.82, 2.24) is 10.3 Å². The van der Waals surface area contributed by atoms with Crippen LogP contribution >= 0.6 is 0 Å².